The molecule has 5 heteroatoms. The van der Waals surface area contributed by atoms with Crippen LogP contribution in [0.15, 0.2) is 23.3 Å². The monoisotopic (exact) mass is 306 g/mol. The highest BCUT2D eigenvalue weighted by molar-refractivity contribution is 5.79. The minimum absolute atomic E-state index is 0.554. The molecule has 124 valence electrons. The molecule has 0 radical (unpaired) electrons. The van der Waals surface area contributed by atoms with Crippen LogP contribution in [0.5, 0.6) is 5.88 Å². The third-order valence-electron chi connectivity index (χ3n) is 3.30. The summed E-state index contributed by atoms with van der Waals surface area (Å²) in [6.45, 7) is 8.95. The quantitative estimate of drug-likeness (QED) is 0.418. The lowest BCUT2D eigenvalue weighted by atomic mass is 10.1. The van der Waals surface area contributed by atoms with Crippen molar-refractivity contribution in [1.29, 1.82) is 0 Å². The molecule has 1 aromatic heterocycles. The molecule has 0 fully saturated rings. The van der Waals surface area contributed by atoms with Crippen LogP contribution in [0.2, 0.25) is 0 Å². The SMILES string of the molecule is CCNC(=NCc1cccnc1OC)NCCCCC(C)C. The Labute approximate surface area is 134 Å². The number of aliphatic imine (C=N–C) groups is 1. The van der Waals surface area contributed by atoms with Crippen LogP contribution >= 0.6 is 0 Å². The van der Waals surface area contributed by atoms with E-state index in [9.17, 15) is 0 Å². The molecule has 0 saturated carbocycles. The molecule has 0 amide bonds. The minimum Gasteiger partial charge on any atom is -0.481 e. The van der Waals surface area contributed by atoms with Crippen molar-refractivity contribution in [2.45, 2.75) is 46.6 Å². The summed E-state index contributed by atoms with van der Waals surface area (Å²) < 4.78 is 5.25. The first-order chi connectivity index (χ1) is 10.7. The van der Waals surface area contributed by atoms with Crippen LogP contribution in [0.1, 0.15) is 45.6 Å². The summed E-state index contributed by atoms with van der Waals surface area (Å²) in [5.74, 6) is 2.26. The van der Waals surface area contributed by atoms with Crippen LogP contribution in [0.4, 0.5) is 0 Å². The van der Waals surface area contributed by atoms with E-state index >= 15 is 0 Å². The molecule has 5 nitrogen and oxygen atoms in total. The third-order valence-corrected chi connectivity index (χ3v) is 3.30. The van der Waals surface area contributed by atoms with E-state index in [-0.39, 0.29) is 0 Å². The lowest BCUT2D eigenvalue weighted by Crippen LogP contribution is -2.37. The highest BCUT2D eigenvalue weighted by Gasteiger charge is 2.03. The molecule has 0 saturated heterocycles. The number of aromatic nitrogens is 1. The maximum absolute atomic E-state index is 5.25. The van der Waals surface area contributed by atoms with Gasteiger partial charge in [0.05, 0.1) is 13.7 Å². The number of ether oxygens (including phenoxy) is 1. The topological polar surface area (TPSA) is 58.5 Å². The van der Waals surface area contributed by atoms with Crippen LogP contribution in [0.3, 0.4) is 0 Å². The average Bonchev–Trinajstić information content (AvgIpc) is 2.52. The van der Waals surface area contributed by atoms with Gasteiger partial charge in [0.15, 0.2) is 5.96 Å². The highest BCUT2D eigenvalue weighted by atomic mass is 16.5. The number of pyridine rings is 1. The van der Waals surface area contributed by atoms with Gasteiger partial charge in [0.1, 0.15) is 0 Å². The number of hydrogen-bond donors (Lipinski definition) is 2. The van der Waals surface area contributed by atoms with Gasteiger partial charge in [-0.2, -0.15) is 0 Å². The lowest BCUT2D eigenvalue weighted by Gasteiger charge is -2.12. The zero-order valence-corrected chi connectivity index (χ0v) is 14.4. The van der Waals surface area contributed by atoms with Crippen molar-refractivity contribution in [3.05, 3.63) is 23.9 Å². The van der Waals surface area contributed by atoms with Gasteiger partial charge in [-0.3, -0.25) is 0 Å². The van der Waals surface area contributed by atoms with Gasteiger partial charge < -0.3 is 15.4 Å². The van der Waals surface area contributed by atoms with Crippen LogP contribution < -0.4 is 15.4 Å². The second-order valence-electron chi connectivity index (χ2n) is 5.68. The van der Waals surface area contributed by atoms with E-state index in [1.165, 1.54) is 19.3 Å². The summed E-state index contributed by atoms with van der Waals surface area (Å²) in [4.78, 5) is 8.79. The van der Waals surface area contributed by atoms with E-state index in [0.717, 1.165) is 30.5 Å². The van der Waals surface area contributed by atoms with E-state index in [1.807, 2.05) is 12.1 Å². The van der Waals surface area contributed by atoms with Crippen LogP contribution in [-0.4, -0.2) is 31.1 Å². The van der Waals surface area contributed by atoms with Crippen LogP contribution in [0, 0.1) is 5.92 Å². The summed E-state index contributed by atoms with van der Waals surface area (Å²) in [7, 11) is 1.63. The standard InChI is InChI=1S/C17H30N4O/c1-5-18-17(20-11-7-6-9-14(2)3)21-13-15-10-8-12-19-16(15)22-4/h8,10,12,14H,5-7,9,11,13H2,1-4H3,(H2,18,20,21). The van der Waals surface area contributed by atoms with Crippen molar-refractivity contribution >= 4 is 5.96 Å². The fourth-order valence-corrected chi connectivity index (χ4v) is 2.12. The Balaban J connectivity index is 2.47. The number of rotatable bonds is 9. The first-order valence-corrected chi connectivity index (χ1v) is 8.17. The predicted octanol–water partition coefficient (Wildman–Crippen LogP) is 2.97. The summed E-state index contributed by atoms with van der Waals surface area (Å²) in [5, 5.41) is 6.65. The molecule has 0 spiro atoms. The minimum atomic E-state index is 0.554. The Kier molecular flexibility index (Phi) is 9.03. The Bertz CT molecular complexity index is 446. The number of guanidine groups is 1. The number of methoxy groups -OCH3 is 1. The van der Waals surface area contributed by atoms with Crippen LogP contribution in [-0.2, 0) is 6.54 Å². The molecular weight excluding hydrogens is 276 g/mol. The fourth-order valence-electron chi connectivity index (χ4n) is 2.12. The molecule has 1 rings (SSSR count). The summed E-state index contributed by atoms with van der Waals surface area (Å²) >= 11 is 0. The molecule has 1 aromatic rings. The Morgan fingerprint density at radius 2 is 2.14 bits per heavy atom. The predicted molar refractivity (Wildman–Crippen MR) is 92.3 cm³/mol. The Morgan fingerprint density at radius 1 is 1.32 bits per heavy atom. The lowest BCUT2D eigenvalue weighted by molar-refractivity contribution is 0.392. The van der Waals surface area contributed by atoms with Gasteiger partial charge in [0, 0.05) is 24.8 Å². The first-order valence-electron chi connectivity index (χ1n) is 8.17. The first kappa shape index (κ1) is 18.3. The maximum atomic E-state index is 5.25. The normalized spacial score (nSPS) is 11.6. The van der Waals surface area contributed by atoms with Crippen molar-refractivity contribution in [1.82, 2.24) is 15.6 Å². The summed E-state index contributed by atoms with van der Waals surface area (Å²) in [6.07, 6.45) is 5.42. The molecule has 0 aliphatic rings. The van der Waals surface area contributed by atoms with Gasteiger partial charge in [-0.25, -0.2) is 9.98 Å². The highest BCUT2D eigenvalue weighted by Crippen LogP contribution is 2.14. The van der Waals surface area contributed by atoms with Gasteiger partial charge >= 0.3 is 0 Å². The molecule has 0 aliphatic carbocycles. The Morgan fingerprint density at radius 3 is 2.82 bits per heavy atom. The second-order valence-corrected chi connectivity index (χ2v) is 5.68. The van der Waals surface area contributed by atoms with Gasteiger partial charge in [0.25, 0.3) is 0 Å². The maximum Gasteiger partial charge on any atom is 0.218 e. The average molecular weight is 306 g/mol. The molecule has 0 bridgehead atoms. The third kappa shape index (κ3) is 7.29. The van der Waals surface area contributed by atoms with E-state index in [4.69, 9.17) is 4.74 Å². The summed E-state index contributed by atoms with van der Waals surface area (Å²) in [6, 6.07) is 3.89. The van der Waals surface area contributed by atoms with Gasteiger partial charge in [0.2, 0.25) is 5.88 Å². The largest absolute Gasteiger partial charge is 0.481 e. The van der Waals surface area contributed by atoms with Crippen molar-refractivity contribution < 1.29 is 4.74 Å². The number of nitrogens with zero attached hydrogens (tertiary/aromatic N) is 2. The molecule has 2 N–H and O–H groups in total. The molecule has 1 heterocycles. The van der Waals surface area contributed by atoms with Crippen LogP contribution in [0.25, 0.3) is 0 Å². The van der Waals surface area contributed by atoms with Crippen molar-refractivity contribution in [2.75, 3.05) is 20.2 Å². The van der Waals surface area contributed by atoms with Gasteiger partial charge in [-0.1, -0.05) is 32.8 Å². The molecule has 0 aromatic carbocycles. The number of unbranched alkanes of at least 4 members (excludes halogenated alkanes) is 1. The van der Waals surface area contributed by atoms with Crippen molar-refractivity contribution in [3.63, 3.8) is 0 Å². The van der Waals surface area contributed by atoms with Gasteiger partial charge in [-0.05, 0) is 25.3 Å². The number of hydrogen-bond acceptors (Lipinski definition) is 3. The molecule has 22 heavy (non-hydrogen) atoms. The van der Waals surface area contributed by atoms with Crippen molar-refractivity contribution in [2.24, 2.45) is 10.9 Å². The van der Waals surface area contributed by atoms with Gasteiger partial charge in [-0.15, -0.1) is 0 Å². The van der Waals surface area contributed by atoms with E-state index < -0.39 is 0 Å². The fraction of sp³-hybridized carbons (Fsp3) is 0.647. The zero-order chi connectivity index (χ0) is 16.2. The molecule has 0 aliphatic heterocycles. The molecule has 0 atom stereocenters. The smallest absolute Gasteiger partial charge is 0.218 e. The van der Waals surface area contributed by atoms with Crippen molar-refractivity contribution in [3.8, 4) is 5.88 Å². The molecule has 0 unspecified atom stereocenters. The summed E-state index contributed by atoms with van der Waals surface area (Å²) in [5.41, 5.74) is 0.988. The Hall–Kier alpha value is -1.78. The zero-order valence-electron chi connectivity index (χ0n) is 14.4. The number of nitrogens with one attached hydrogen (secondary N) is 2. The van der Waals surface area contributed by atoms with E-state index in [1.54, 1.807) is 13.3 Å². The van der Waals surface area contributed by atoms with E-state index in [0.29, 0.717) is 12.4 Å². The second kappa shape index (κ2) is 10.9. The molecular formula is C17H30N4O. The van der Waals surface area contributed by atoms with E-state index in [2.05, 4.69) is 41.4 Å².